The Morgan fingerprint density at radius 2 is 1.86 bits per heavy atom. The second-order valence-electron chi connectivity index (χ2n) is 8.41. The topological polar surface area (TPSA) is 70.4 Å². The van der Waals surface area contributed by atoms with E-state index in [4.69, 9.17) is 4.74 Å². The molecule has 154 valence electrons. The molecule has 2 aliphatic rings. The Bertz CT molecular complexity index is 802. The summed E-state index contributed by atoms with van der Waals surface area (Å²) >= 11 is 0. The maximum absolute atomic E-state index is 12.7. The number of benzene rings is 1. The molecule has 1 heterocycles. The standard InChI is InChI=1S/C24H30N2O3/c1-17(2)19-11-9-18(10-12-19)14-21(15-25)24(28)29-16-23(27)26-13-5-7-20-6-3-4-8-22(20)26/h9-12,14,17,20,22H,3-8,13,16H2,1-2H3/b21-14+/t20-,22+/m1/s1. The Morgan fingerprint density at radius 1 is 1.17 bits per heavy atom. The highest BCUT2D eigenvalue weighted by Crippen LogP contribution is 2.35. The minimum atomic E-state index is -0.744. The third-order valence-corrected chi connectivity index (χ3v) is 6.14. The van der Waals surface area contributed by atoms with Gasteiger partial charge in [0.2, 0.25) is 0 Å². The first-order valence-electron chi connectivity index (χ1n) is 10.7. The molecule has 0 radical (unpaired) electrons. The normalized spacial score (nSPS) is 22.0. The van der Waals surface area contributed by atoms with E-state index in [1.54, 1.807) is 0 Å². The van der Waals surface area contributed by atoms with E-state index in [9.17, 15) is 14.9 Å². The van der Waals surface area contributed by atoms with Crippen LogP contribution < -0.4 is 0 Å². The molecule has 2 atom stereocenters. The summed E-state index contributed by atoms with van der Waals surface area (Å²) in [5.74, 6) is 0.109. The monoisotopic (exact) mass is 394 g/mol. The van der Waals surface area contributed by atoms with Gasteiger partial charge in [0.15, 0.2) is 6.61 Å². The van der Waals surface area contributed by atoms with Crippen molar-refractivity contribution in [2.24, 2.45) is 5.92 Å². The van der Waals surface area contributed by atoms with Crippen molar-refractivity contribution < 1.29 is 14.3 Å². The summed E-state index contributed by atoms with van der Waals surface area (Å²) in [6, 6.07) is 9.91. The van der Waals surface area contributed by atoms with Gasteiger partial charge in [-0.05, 0) is 54.7 Å². The molecule has 0 spiro atoms. The molecule has 5 heteroatoms. The zero-order chi connectivity index (χ0) is 20.8. The van der Waals surface area contributed by atoms with Crippen LogP contribution in [0.3, 0.4) is 0 Å². The third kappa shape index (κ3) is 5.26. The number of carbonyl (C=O) groups is 2. The highest BCUT2D eigenvalue weighted by atomic mass is 16.5. The van der Waals surface area contributed by atoms with Crippen molar-refractivity contribution in [2.75, 3.05) is 13.2 Å². The van der Waals surface area contributed by atoms with E-state index in [0.29, 0.717) is 11.8 Å². The molecule has 29 heavy (non-hydrogen) atoms. The Kier molecular flexibility index (Phi) is 7.09. The average molecular weight is 395 g/mol. The fourth-order valence-electron chi connectivity index (χ4n) is 4.50. The van der Waals surface area contributed by atoms with Gasteiger partial charge in [0.05, 0.1) is 0 Å². The summed E-state index contributed by atoms with van der Waals surface area (Å²) in [6.07, 6.45) is 8.33. The fraction of sp³-hybridized carbons (Fsp3) is 0.542. The van der Waals surface area contributed by atoms with Crippen LogP contribution in [0.25, 0.3) is 6.08 Å². The average Bonchev–Trinajstić information content (AvgIpc) is 2.75. The molecule has 1 aromatic rings. The molecule has 1 saturated carbocycles. The first kappa shape index (κ1) is 21.1. The number of nitriles is 1. The van der Waals surface area contributed by atoms with Gasteiger partial charge in [0.25, 0.3) is 5.91 Å². The number of amides is 1. The van der Waals surface area contributed by atoms with Gasteiger partial charge < -0.3 is 9.64 Å². The molecular formula is C24H30N2O3. The van der Waals surface area contributed by atoms with E-state index >= 15 is 0 Å². The predicted molar refractivity (Wildman–Crippen MR) is 112 cm³/mol. The number of rotatable bonds is 5. The largest absolute Gasteiger partial charge is 0.451 e. The quantitative estimate of drug-likeness (QED) is 0.420. The van der Waals surface area contributed by atoms with Crippen LogP contribution >= 0.6 is 0 Å². The fourth-order valence-corrected chi connectivity index (χ4v) is 4.50. The van der Waals surface area contributed by atoms with Crippen LogP contribution in [0, 0.1) is 17.2 Å². The summed E-state index contributed by atoms with van der Waals surface area (Å²) in [7, 11) is 0. The van der Waals surface area contributed by atoms with E-state index in [1.165, 1.54) is 30.9 Å². The molecule has 0 bridgehead atoms. The van der Waals surface area contributed by atoms with Crippen LogP contribution in [-0.2, 0) is 14.3 Å². The van der Waals surface area contributed by atoms with E-state index in [0.717, 1.165) is 31.4 Å². The van der Waals surface area contributed by atoms with Crippen LogP contribution in [0.2, 0.25) is 0 Å². The first-order valence-corrected chi connectivity index (χ1v) is 10.7. The van der Waals surface area contributed by atoms with Crippen LogP contribution in [0.15, 0.2) is 29.8 Å². The Morgan fingerprint density at radius 3 is 2.55 bits per heavy atom. The maximum Gasteiger partial charge on any atom is 0.349 e. The molecule has 1 saturated heterocycles. The molecular weight excluding hydrogens is 364 g/mol. The number of esters is 1. The Labute approximate surface area is 173 Å². The maximum atomic E-state index is 12.7. The van der Waals surface area contributed by atoms with E-state index in [1.807, 2.05) is 35.2 Å². The lowest BCUT2D eigenvalue weighted by Crippen LogP contribution is -2.50. The Hall–Kier alpha value is -2.61. The minimum Gasteiger partial charge on any atom is -0.451 e. The number of nitrogens with zero attached hydrogens (tertiary/aromatic N) is 2. The summed E-state index contributed by atoms with van der Waals surface area (Å²) in [6.45, 7) is 4.66. The van der Waals surface area contributed by atoms with Crippen molar-refractivity contribution in [3.8, 4) is 6.07 Å². The lowest BCUT2D eigenvalue weighted by molar-refractivity contribution is -0.152. The van der Waals surface area contributed by atoms with Crippen LogP contribution in [-0.4, -0.2) is 36.0 Å². The molecule has 1 aliphatic carbocycles. The highest BCUT2D eigenvalue weighted by molar-refractivity contribution is 5.98. The molecule has 5 nitrogen and oxygen atoms in total. The number of likely N-dealkylation sites (tertiary alicyclic amines) is 1. The van der Waals surface area contributed by atoms with Crippen molar-refractivity contribution in [3.63, 3.8) is 0 Å². The number of ether oxygens (including phenoxy) is 1. The third-order valence-electron chi connectivity index (χ3n) is 6.14. The van der Waals surface area contributed by atoms with Gasteiger partial charge in [0.1, 0.15) is 11.6 Å². The zero-order valence-corrected chi connectivity index (χ0v) is 17.4. The lowest BCUT2D eigenvalue weighted by atomic mass is 9.78. The second-order valence-corrected chi connectivity index (χ2v) is 8.41. The van der Waals surface area contributed by atoms with Gasteiger partial charge >= 0.3 is 5.97 Å². The predicted octanol–water partition coefficient (Wildman–Crippen LogP) is 4.44. The van der Waals surface area contributed by atoms with E-state index in [-0.39, 0.29) is 24.1 Å². The molecule has 1 aliphatic heterocycles. The summed E-state index contributed by atoms with van der Waals surface area (Å²) in [4.78, 5) is 26.9. The molecule has 3 rings (SSSR count). The summed E-state index contributed by atoms with van der Waals surface area (Å²) < 4.78 is 5.20. The van der Waals surface area contributed by atoms with Gasteiger partial charge in [-0.1, -0.05) is 51.0 Å². The summed E-state index contributed by atoms with van der Waals surface area (Å²) in [5.41, 5.74) is 1.86. The number of hydrogen-bond donors (Lipinski definition) is 0. The lowest BCUT2D eigenvalue weighted by Gasteiger charge is -2.44. The zero-order valence-electron chi connectivity index (χ0n) is 17.4. The second kappa shape index (κ2) is 9.73. The first-order chi connectivity index (χ1) is 14.0. The van der Waals surface area contributed by atoms with Crippen molar-refractivity contribution in [1.29, 1.82) is 5.26 Å². The van der Waals surface area contributed by atoms with Gasteiger partial charge in [-0.15, -0.1) is 0 Å². The number of carbonyl (C=O) groups excluding carboxylic acids is 2. The van der Waals surface area contributed by atoms with Gasteiger partial charge in [0, 0.05) is 12.6 Å². The number of fused-ring (bicyclic) bond motifs is 1. The van der Waals surface area contributed by atoms with Gasteiger partial charge in [-0.2, -0.15) is 5.26 Å². The van der Waals surface area contributed by atoms with Crippen molar-refractivity contribution >= 4 is 18.0 Å². The molecule has 2 fully saturated rings. The Balaban J connectivity index is 1.59. The SMILES string of the molecule is CC(C)c1ccc(/C=C(\C#N)C(=O)OCC(=O)N2CCC[C@H]3CCCC[C@@H]32)cc1. The highest BCUT2D eigenvalue weighted by Gasteiger charge is 2.35. The summed E-state index contributed by atoms with van der Waals surface area (Å²) in [5, 5.41) is 9.35. The van der Waals surface area contributed by atoms with Gasteiger partial charge in [-0.25, -0.2) is 4.79 Å². The van der Waals surface area contributed by atoms with Crippen molar-refractivity contribution in [1.82, 2.24) is 4.90 Å². The molecule has 0 aromatic heterocycles. The van der Waals surface area contributed by atoms with Crippen molar-refractivity contribution in [2.45, 2.75) is 64.3 Å². The van der Waals surface area contributed by atoms with E-state index < -0.39 is 5.97 Å². The minimum absolute atomic E-state index is 0.0933. The smallest absolute Gasteiger partial charge is 0.349 e. The molecule has 1 aromatic carbocycles. The van der Waals surface area contributed by atoms with Crippen LogP contribution in [0.5, 0.6) is 0 Å². The van der Waals surface area contributed by atoms with E-state index in [2.05, 4.69) is 13.8 Å². The number of piperidine rings is 1. The van der Waals surface area contributed by atoms with Crippen LogP contribution in [0.4, 0.5) is 0 Å². The van der Waals surface area contributed by atoms with Crippen LogP contribution in [0.1, 0.15) is 69.4 Å². The number of hydrogen-bond acceptors (Lipinski definition) is 4. The molecule has 0 N–H and O–H groups in total. The molecule has 1 amide bonds. The molecule has 0 unspecified atom stereocenters. The van der Waals surface area contributed by atoms with Gasteiger partial charge in [-0.3, -0.25) is 4.79 Å². The van der Waals surface area contributed by atoms with Crippen molar-refractivity contribution in [3.05, 3.63) is 41.0 Å².